The fraction of sp³-hybridized carbons (Fsp3) is 0.870. The standard InChI is InChI=1S/C92H168/c1-21-86-66-89(83(18)77(12)80(86)15)57-45-30-24-27-36-48-71(6)51-39-33-42-54-74(9)60-63-92(69-70(4)5,64-61-75(10)55-43-34-40-52-72(7)49-37-28-25-31-46-58-90-67-87(22-2)81(16)78(13)84(90)19)65-62-76(11)56-44-35-41-53-73(8)50-38-29-26-32-47-59-91-68-88(23-3)82(17)79(14)85(91)20/h70,77-91H,6-11,21-69H2,1-5,12-20H3/t77-,78-,79-,80+,81+,82+,83+,84+,85+,86-,87-,88-,89+,90+,91+/m0/s1. The van der Waals surface area contributed by atoms with Crippen LogP contribution in [0.15, 0.2) is 72.9 Å². The Morgan fingerprint density at radius 3 is 0.663 bits per heavy atom. The van der Waals surface area contributed by atoms with E-state index < -0.39 is 0 Å². The molecule has 0 aromatic carbocycles. The van der Waals surface area contributed by atoms with Gasteiger partial charge in [-0.3, -0.25) is 0 Å². The maximum Gasteiger partial charge on any atom is -0.0286 e. The minimum absolute atomic E-state index is 0.327. The lowest BCUT2D eigenvalue weighted by Crippen LogP contribution is -2.36. The Balaban J connectivity index is 1.37. The highest BCUT2D eigenvalue weighted by atomic mass is 14.4. The zero-order chi connectivity index (χ0) is 67.8. The van der Waals surface area contributed by atoms with Crippen LogP contribution in [0.2, 0.25) is 0 Å². The average molecular weight is 1270 g/mol. The van der Waals surface area contributed by atoms with Gasteiger partial charge in [-0.2, -0.15) is 0 Å². The fourth-order valence-electron chi connectivity index (χ4n) is 19.6. The van der Waals surface area contributed by atoms with Gasteiger partial charge in [0.1, 0.15) is 0 Å². The van der Waals surface area contributed by atoms with E-state index in [0.29, 0.717) is 11.3 Å². The first-order valence-corrected chi connectivity index (χ1v) is 42.1. The minimum atomic E-state index is 0.327. The van der Waals surface area contributed by atoms with Crippen LogP contribution in [0.3, 0.4) is 0 Å². The zero-order valence-corrected chi connectivity index (χ0v) is 65.6. The number of unbranched alkanes of at least 4 members (excludes halogenated alkanes) is 18. The Kier molecular flexibility index (Phi) is 45.1. The summed E-state index contributed by atoms with van der Waals surface area (Å²) in [6.07, 6.45) is 65.2. The van der Waals surface area contributed by atoms with Gasteiger partial charge in [-0.1, -0.05) is 305 Å². The highest BCUT2D eigenvalue weighted by molar-refractivity contribution is 5.04. The number of hydrogen-bond donors (Lipinski definition) is 0. The van der Waals surface area contributed by atoms with Crippen molar-refractivity contribution in [2.24, 2.45) is 100 Å². The first-order chi connectivity index (χ1) is 44.1. The lowest BCUT2D eigenvalue weighted by molar-refractivity contribution is 0.0587. The van der Waals surface area contributed by atoms with Crippen molar-refractivity contribution >= 4 is 0 Å². The highest BCUT2D eigenvalue weighted by Gasteiger charge is 2.39. The van der Waals surface area contributed by atoms with Crippen LogP contribution in [0.1, 0.15) is 412 Å². The van der Waals surface area contributed by atoms with Crippen LogP contribution in [0.5, 0.6) is 0 Å². The average Bonchev–Trinajstić information content (AvgIpc) is 0.885. The minimum Gasteiger partial charge on any atom is -0.0999 e. The Labute approximate surface area is 581 Å². The Bertz CT molecular complexity index is 1730. The summed E-state index contributed by atoms with van der Waals surface area (Å²) in [4.78, 5) is 0. The quantitative estimate of drug-likeness (QED) is 0.0421. The predicted octanol–water partition coefficient (Wildman–Crippen LogP) is 31.6. The van der Waals surface area contributed by atoms with Crippen molar-refractivity contribution in [3.8, 4) is 0 Å². The van der Waals surface area contributed by atoms with E-state index in [2.05, 4.69) is 117 Å². The molecule has 3 saturated carbocycles. The van der Waals surface area contributed by atoms with Crippen molar-refractivity contribution in [2.75, 3.05) is 0 Å². The van der Waals surface area contributed by atoms with Gasteiger partial charge in [0.25, 0.3) is 0 Å². The molecule has 0 heteroatoms. The summed E-state index contributed by atoms with van der Waals surface area (Å²) in [6.45, 7) is 63.0. The third kappa shape index (κ3) is 33.8. The summed E-state index contributed by atoms with van der Waals surface area (Å²) in [5, 5.41) is 0. The molecular weight excluding hydrogens is 1110 g/mol. The van der Waals surface area contributed by atoms with E-state index in [1.807, 2.05) is 0 Å². The van der Waals surface area contributed by atoms with Gasteiger partial charge in [-0.15, -0.1) is 0 Å². The van der Waals surface area contributed by atoms with Gasteiger partial charge in [0.15, 0.2) is 0 Å². The third-order valence-corrected chi connectivity index (χ3v) is 27.7. The van der Waals surface area contributed by atoms with Crippen LogP contribution < -0.4 is 0 Å². The van der Waals surface area contributed by atoms with Crippen LogP contribution in [-0.2, 0) is 0 Å². The van der Waals surface area contributed by atoms with E-state index in [9.17, 15) is 0 Å². The van der Waals surface area contributed by atoms with Gasteiger partial charge in [0.05, 0.1) is 0 Å². The van der Waals surface area contributed by atoms with Crippen LogP contribution in [0.4, 0.5) is 0 Å². The molecule has 3 aliphatic rings. The van der Waals surface area contributed by atoms with E-state index in [-0.39, 0.29) is 0 Å². The van der Waals surface area contributed by atoms with Crippen LogP contribution in [0, 0.1) is 100 Å². The number of rotatable bonds is 56. The molecule has 0 amide bonds. The van der Waals surface area contributed by atoms with E-state index in [0.717, 1.165) is 88.8 Å². The summed E-state index contributed by atoms with van der Waals surface area (Å²) in [5.74, 6) is 14.5. The summed E-state index contributed by atoms with van der Waals surface area (Å²) in [6, 6.07) is 0. The highest BCUT2D eigenvalue weighted by Crippen LogP contribution is 2.49. The predicted molar refractivity (Wildman–Crippen MR) is 419 cm³/mol. The zero-order valence-electron chi connectivity index (χ0n) is 65.6. The van der Waals surface area contributed by atoms with Gasteiger partial charge in [0, 0.05) is 0 Å². The molecule has 536 valence electrons. The first kappa shape index (κ1) is 84.7. The number of hydrogen-bond acceptors (Lipinski definition) is 0. The molecule has 92 heavy (non-hydrogen) atoms. The van der Waals surface area contributed by atoms with Gasteiger partial charge in [-0.05, 0) is 280 Å². The Morgan fingerprint density at radius 1 is 0.261 bits per heavy atom. The number of allylic oxidation sites excluding steroid dienone is 6. The van der Waals surface area contributed by atoms with Crippen LogP contribution in [-0.4, -0.2) is 0 Å². The maximum atomic E-state index is 4.76. The smallest absolute Gasteiger partial charge is 0.0286 e. The Hall–Kier alpha value is -1.56. The van der Waals surface area contributed by atoms with Crippen LogP contribution in [0.25, 0.3) is 0 Å². The summed E-state index contributed by atoms with van der Waals surface area (Å²) in [5.41, 5.74) is 9.30. The SMILES string of the molecule is C=C(CCCCCCC[C@@H]1C[C@H](CC)[C@H](C)[C@H](C)[C@H]1C)CCCCCC(=C)CCC(CCC(=C)CCCCCC(=C)CCCCCCC[C@@H]1C[C@H](CC)[C@H](C)[C@H](C)[C@H]1C)(CCC(=C)CCCCCC(=C)CCCCCCC[C@@H]1C[C@H](CC)[C@H](C)[C@H](C)[C@H]1C)CC(C)C. The van der Waals surface area contributed by atoms with Crippen molar-refractivity contribution in [3.05, 3.63) is 72.9 Å². The van der Waals surface area contributed by atoms with Gasteiger partial charge in [0.2, 0.25) is 0 Å². The van der Waals surface area contributed by atoms with E-state index in [1.165, 1.54) is 348 Å². The summed E-state index contributed by atoms with van der Waals surface area (Å²) >= 11 is 0. The molecule has 0 aromatic rings. The normalized spacial score (nSPS) is 27.0. The van der Waals surface area contributed by atoms with E-state index in [4.69, 9.17) is 19.7 Å². The van der Waals surface area contributed by atoms with Crippen molar-refractivity contribution in [2.45, 2.75) is 412 Å². The van der Waals surface area contributed by atoms with E-state index in [1.54, 1.807) is 0 Å². The second kappa shape index (κ2) is 49.0. The fourth-order valence-corrected chi connectivity index (χ4v) is 19.6. The maximum absolute atomic E-state index is 4.76. The summed E-state index contributed by atoms with van der Waals surface area (Å²) < 4.78 is 0. The second-order valence-corrected chi connectivity index (χ2v) is 34.9. The lowest BCUT2D eigenvalue weighted by atomic mass is 9.62. The molecule has 0 aromatic heterocycles. The van der Waals surface area contributed by atoms with Gasteiger partial charge in [-0.25, -0.2) is 0 Å². The molecule has 3 rings (SSSR count). The Morgan fingerprint density at radius 2 is 0.446 bits per heavy atom. The van der Waals surface area contributed by atoms with Crippen LogP contribution >= 0.6 is 0 Å². The monoisotopic (exact) mass is 1270 g/mol. The van der Waals surface area contributed by atoms with Crippen molar-refractivity contribution in [3.63, 3.8) is 0 Å². The molecule has 0 saturated heterocycles. The van der Waals surface area contributed by atoms with Crippen molar-refractivity contribution in [1.29, 1.82) is 0 Å². The molecule has 3 aliphatic carbocycles. The van der Waals surface area contributed by atoms with Gasteiger partial charge < -0.3 is 0 Å². The van der Waals surface area contributed by atoms with E-state index >= 15 is 0 Å². The van der Waals surface area contributed by atoms with Crippen molar-refractivity contribution in [1.82, 2.24) is 0 Å². The molecule has 3 fully saturated rings. The topological polar surface area (TPSA) is 0 Å². The molecule has 15 atom stereocenters. The molecule has 0 bridgehead atoms. The molecule has 0 heterocycles. The molecular formula is C92H168. The third-order valence-electron chi connectivity index (χ3n) is 27.7. The first-order valence-electron chi connectivity index (χ1n) is 42.1. The molecule has 0 radical (unpaired) electrons. The largest absolute Gasteiger partial charge is 0.0999 e. The van der Waals surface area contributed by atoms with Crippen molar-refractivity contribution < 1.29 is 0 Å². The molecule has 0 unspecified atom stereocenters. The molecule has 0 spiro atoms. The molecule has 0 aliphatic heterocycles. The second-order valence-electron chi connectivity index (χ2n) is 34.9. The molecule has 0 nitrogen and oxygen atoms in total. The summed E-state index contributed by atoms with van der Waals surface area (Å²) in [7, 11) is 0. The lowest BCUT2D eigenvalue weighted by Gasteiger charge is -2.44. The van der Waals surface area contributed by atoms with Gasteiger partial charge >= 0.3 is 0 Å². The molecule has 0 N–H and O–H groups in total.